The molecule has 1 heterocycles. The van der Waals surface area contributed by atoms with Crippen LogP contribution in [0.5, 0.6) is 0 Å². The molecule has 0 saturated carbocycles. The third-order valence-electron chi connectivity index (χ3n) is 10.7. The zero-order chi connectivity index (χ0) is 33.2. The Morgan fingerprint density at radius 3 is 1.33 bits per heavy atom. The minimum Gasteiger partial charge on any atom is -0.356 e. The van der Waals surface area contributed by atoms with E-state index < -0.39 is 0 Å². The van der Waals surface area contributed by atoms with Gasteiger partial charge in [0.05, 0.1) is 20.1 Å². The van der Waals surface area contributed by atoms with Crippen LogP contribution in [0.3, 0.4) is 0 Å². The molecule has 0 bridgehead atoms. The second-order valence-corrected chi connectivity index (χ2v) is 15.2. The van der Waals surface area contributed by atoms with Crippen LogP contribution in [0.1, 0.15) is 226 Å². The smallest absolute Gasteiger partial charge is 0.219 e. The fourth-order valence-electron chi connectivity index (χ4n) is 7.34. The van der Waals surface area contributed by atoms with E-state index in [1.165, 1.54) is 198 Å². The number of rotatable bonds is 36. The van der Waals surface area contributed by atoms with E-state index in [4.69, 9.17) is 4.99 Å². The number of carbonyl (C=O) groups is 1. The Kier molecular flexibility index (Phi) is 30.6. The minimum absolute atomic E-state index is 0.255. The Balaban J connectivity index is 1.89. The number of hydrogen-bond acceptors (Lipinski definition) is 2. The van der Waals surface area contributed by atoms with Crippen LogP contribution < -0.4 is 5.32 Å². The quantitative estimate of drug-likeness (QED) is 0.0534. The minimum atomic E-state index is 0.255. The second kappa shape index (κ2) is 32.6. The average Bonchev–Trinajstić information content (AvgIpc) is 3.42. The summed E-state index contributed by atoms with van der Waals surface area (Å²) >= 11 is 0. The van der Waals surface area contributed by atoms with E-state index in [-0.39, 0.29) is 5.91 Å². The summed E-state index contributed by atoms with van der Waals surface area (Å²) in [6.07, 6.45) is 44.7. The molecule has 46 heavy (non-hydrogen) atoms. The lowest BCUT2D eigenvalue weighted by atomic mass is 10.0. The molecule has 1 N–H and O–H groups in total. The number of likely N-dealkylation sites (N-methyl/N-ethyl adjacent to an activating group) is 1. The Labute approximate surface area is 289 Å². The molecule has 0 aromatic rings. The number of hydrogen-bond donors (Lipinski definition) is 1. The highest BCUT2D eigenvalue weighted by Gasteiger charge is 2.32. The first kappa shape index (κ1) is 43.1. The first-order chi connectivity index (χ1) is 22.6. The van der Waals surface area contributed by atoms with Gasteiger partial charge in [-0.1, -0.05) is 194 Å². The summed E-state index contributed by atoms with van der Waals surface area (Å²) in [5.41, 5.74) is 0. The Morgan fingerprint density at radius 1 is 0.543 bits per heavy atom. The average molecular weight is 647 g/mol. The van der Waals surface area contributed by atoms with Gasteiger partial charge in [-0.2, -0.15) is 0 Å². The zero-order valence-corrected chi connectivity index (χ0v) is 32.0. The summed E-state index contributed by atoms with van der Waals surface area (Å²) in [5, 5.41) is 3.20. The number of nitrogens with one attached hydrogen (secondary N) is 1. The van der Waals surface area contributed by atoms with Crippen molar-refractivity contribution in [2.75, 3.05) is 33.2 Å². The fourth-order valence-corrected chi connectivity index (χ4v) is 7.34. The molecule has 1 atom stereocenters. The van der Waals surface area contributed by atoms with Crippen LogP contribution in [0, 0.1) is 0 Å². The molecule has 4 nitrogen and oxygen atoms in total. The van der Waals surface area contributed by atoms with Gasteiger partial charge in [0, 0.05) is 25.8 Å². The molecule has 0 spiro atoms. The van der Waals surface area contributed by atoms with Crippen molar-refractivity contribution < 1.29 is 9.28 Å². The van der Waals surface area contributed by atoms with E-state index in [0.717, 1.165) is 43.5 Å². The maximum atomic E-state index is 12.3. The van der Waals surface area contributed by atoms with Gasteiger partial charge < -0.3 is 5.32 Å². The molecule has 1 amide bonds. The maximum absolute atomic E-state index is 12.3. The number of unbranched alkanes of at least 4 members (excludes halogenated alkanes) is 28. The van der Waals surface area contributed by atoms with Crippen molar-refractivity contribution in [2.24, 2.45) is 4.99 Å². The van der Waals surface area contributed by atoms with E-state index in [0.29, 0.717) is 6.42 Å². The van der Waals surface area contributed by atoms with Crippen molar-refractivity contribution in [2.45, 2.75) is 226 Å². The van der Waals surface area contributed by atoms with Crippen LogP contribution >= 0.6 is 0 Å². The molecular formula is C42H84N3O+. The first-order valence-corrected chi connectivity index (χ1v) is 21.3. The van der Waals surface area contributed by atoms with Crippen molar-refractivity contribution in [1.82, 2.24) is 5.32 Å². The van der Waals surface area contributed by atoms with Crippen molar-refractivity contribution in [3.8, 4) is 0 Å². The lowest BCUT2D eigenvalue weighted by molar-refractivity contribution is -0.815. The number of aliphatic imine (C=N–C) groups is 1. The molecule has 272 valence electrons. The predicted octanol–water partition coefficient (Wildman–Crippen LogP) is 12.9. The Hall–Kier alpha value is -0.900. The van der Waals surface area contributed by atoms with Crippen LogP contribution in [-0.2, 0) is 4.79 Å². The van der Waals surface area contributed by atoms with E-state index in [1.54, 1.807) is 0 Å². The third kappa shape index (κ3) is 26.1. The van der Waals surface area contributed by atoms with E-state index >= 15 is 0 Å². The SMILES string of the molecule is CCCCCCCCCCCCCCCCCC(=O)NCCC[N+]1(C)CCN=C1CCCCCCCCCCCCCCCCC. The number of quaternary nitrogens is 1. The van der Waals surface area contributed by atoms with Crippen LogP contribution in [-0.4, -0.2) is 49.5 Å². The van der Waals surface area contributed by atoms with Crippen LogP contribution in [0.4, 0.5) is 0 Å². The highest BCUT2D eigenvalue weighted by Crippen LogP contribution is 2.19. The summed E-state index contributed by atoms with van der Waals surface area (Å²) in [7, 11) is 2.37. The predicted molar refractivity (Wildman–Crippen MR) is 205 cm³/mol. The molecule has 4 heteroatoms. The van der Waals surface area contributed by atoms with Gasteiger partial charge in [0.25, 0.3) is 0 Å². The Morgan fingerprint density at radius 2 is 0.913 bits per heavy atom. The first-order valence-electron chi connectivity index (χ1n) is 21.3. The summed E-state index contributed by atoms with van der Waals surface area (Å²) < 4.78 is 1.01. The lowest BCUT2D eigenvalue weighted by Gasteiger charge is -2.30. The maximum Gasteiger partial charge on any atom is 0.219 e. The number of nitrogens with zero attached hydrogens (tertiary/aromatic N) is 2. The molecule has 0 aromatic heterocycles. The van der Waals surface area contributed by atoms with Gasteiger partial charge >= 0.3 is 0 Å². The van der Waals surface area contributed by atoms with Gasteiger partial charge in [0.1, 0.15) is 6.54 Å². The topological polar surface area (TPSA) is 41.5 Å². The van der Waals surface area contributed by atoms with E-state index in [2.05, 4.69) is 26.2 Å². The summed E-state index contributed by atoms with van der Waals surface area (Å²) in [5.74, 6) is 1.67. The van der Waals surface area contributed by atoms with E-state index in [9.17, 15) is 4.79 Å². The normalized spacial score (nSPS) is 16.3. The molecule has 0 aromatic carbocycles. The molecule has 0 aliphatic carbocycles. The van der Waals surface area contributed by atoms with Crippen molar-refractivity contribution >= 4 is 11.7 Å². The highest BCUT2D eigenvalue weighted by molar-refractivity contribution is 5.77. The lowest BCUT2D eigenvalue weighted by Crippen LogP contribution is -2.48. The van der Waals surface area contributed by atoms with E-state index in [1.807, 2.05) is 0 Å². The zero-order valence-electron chi connectivity index (χ0n) is 32.0. The van der Waals surface area contributed by atoms with Crippen LogP contribution in [0.15, 0.2) is 4.99 Å². The van der Waals surface area contributed by atoms with Crippen LogP contribution in [0.2, 0.25) is 0 Å². The summed E-state index contributed by atoms with van der Waals surface area (Å²) in [6, 6.07) is 0. The van der Waals surface area contributed by atoms with Crippen molar-refractivity contribution in [3.05, 3.63) is 0 Å². The molecule has 1 unspecified atom stereocenters. The number of amidine groups is 1. The third-order valence-corrected chi connectivity index (χ3v) is 10.7. The van der Waals surface area contributed by atoms with Gasteiger partial charge in [-0.3, -0.25) is 9.28 Å². The fraction of sp³-hybridized carbons (Fsp3) is 0.952. The van der Waals surface area contributed by atoms with Crippen LogP contribution in [0.25, 0.3) is 0 Å². The second-order valence-electron chi connectivity index (χ2n) is 15.2. The van der Waals surface area contributed by atoms with Crippen molar-refractivity contribution in [1.29, 1.82) is 0 Å². The van der Waals surface area contributed by atoms with Gasteiger partial charge in [-0.05, 0) is 12.8 Å². The molecule has 1 rings (SSSR count). The molecule has 1 aliphatic rings. The summed E-state index contributed by atoms with van der Waals surface area (Å²) in [6.45, 7) is 8.64. The van der Waals surface area contributed by atoms with Gasteiger partial charge in [0.15, 0.2) is 5.84 Å². The molecule has 0 saturated heterocycles. The van der Waals surface area contributed by atoms with Gasteiger partial charge in [-0.25, -0.2) is 4.99 Å². The monoisotopic (exact) mass is 647 g/mol. The summed E-state index contributed by atoms with van der Waals surface area (Å²) in [4.78, 5) is 17.3. The molecule has 1 aliphatic heterocycles. The Bertz CT molecular complexity index is 692. The largest absolute Gasteiger partial charge is 0.356 e. The van der Waals surface area contributed by atoms with Gasteiger partial charge in [0.2, 0.25) is 5.91 Å². The standard InChI is InChI=1S/C42H83N3O/c1-4-6-8-10-12-14-16-18-20-22-24-26-28-30-32-35-41-43-38-40-45(41,3)39-34-37-44-42(46)36-33-31-29-27-25-23-21-19-17-15-13-11-9-7-5-2/h4-40H2,1-3H3/p+1. The number of amides is 1. The molecule has 0 radical (unpaired) electrons. The number of carbonyl (C=O) groups excluding carboxylic acids is 1. The molecular weight excluding hydrogens is 562 g/mol. The molecule has 0 fully saturated rings. The highest BCUT2D eigenvalue weighted by atomic mass is 16.1. The van der Waals surface area contributed by atoms with Gasteiger partial charge in [-0.15, -0.1) is 0 Å². The van der Waals surface area contributed by atoms with Crippen molar-refractivity contribution in [3.63, 3.8) is 0 Å².